The zero-order valence-corrected chi connectivity index (χ0v) is 7.90. The van der Waals surface area contributed by atoms with E-state index in [1.165, 1.54) is 6.33 Å². The largest absolute Gasteiger partial charge is 0.477 e. The van der Waals surface area contributed by atoms with Crippen molar-refractivity contribution in [2.75, 3.05) is 6.61 Å². The fourth-order valence-corrected chi connectivity index (χ4v) is 0.769. The number of ether oxygens (including phenoxy) is 1. The lowest BCUT2D eigenvalue weighted by atomic mass is 10.1. The van der Waals surface area contributed by atoms with Crippen LogP contribution in [0, 0.1) is 0 Å². The molecule has 0 aliphatic rings. The molecular weight excluding hydrogens is 168 g/mol. The molecule has 0 amide bonds. The second-order valence-corrected chi connectivity index (χ2v) is 3.46. The van der Waals surface area contributed by atoms with Gasteiger partial charge in [0.1, 0.15) is 6.33 Å². The van der Waals surface area contributed by atoms with Crippen LogP contribution in [-0.2, 0) is 0 Å². The van der Waals surface area contributed by atoms with Crippen LogP contribution >= 0.6 is 0 Å². The summed E-state index contributed by atoms with van der Waals surface area (Å²) in [5, 5.41) is 9.38. The normalized spacial score (nSPS) is 11.3. The highest BCUT2D eigenvalue weighted by molar-refractivity contribution is 5.04. The Hall–Kier alpha value is -1.16. The standard InChI is InChI=1S/C9H14N2O2/c1-9(2,12)4-6-13-8-3-5-10-7-11-8/h3,5,7,12H,4,6H2,1-2H3. The molecule has 0 atom stereocenters. The van der Waals surface area contributed by atoms with Gasteiger partial charge in [0.25, 0.3) is 0 Å². The van der Waals surface area contributed by atoms with Gasteiger partial charge in [-0.25, -0.2) is 9.97 Å². The third-order valence-corrected chi connectivity index (χ3v) is 1.52. The molecule has 72 valence electrons. The Balaban J connectivity index is 2.29. The number of hydrogen-bond acceptors (Lipinski definition) is 4. The van der Waals surface area contributed by atoms with Crippen molar-refractivity contribution in [1.29, 1.82) is 0 Å². The molecule has 0 fully saturated rings. The van der Waals surface area contributed by atoms with Crippen LogP contribution in [-0.4, -0.2) is 27.3 Å². The van der Waals surface area contributed by atoms with Crippen molar-refractivity contribution < 1.29 is 9.84 Å². The molecule has 4 heteroatoms. The van der Waals surface area contributed by atoms with Crippen LogP contribution in [0.4, 0.5) is 0 Å². The first kappa shape index (κ1) is 9.92. The lowest BCUT2D eigenvalue weighted by Crippen LogP contribution is -2.21. The summed E-state index contributed by atoms with van der Waals surface area (Å²) in [5.74, 6) is 0.541. The van der Waals surface area contributed by atoms with Crippen LogP contribution in [0.15, 0.2) is 18.6 Å². The lowest BCUT2D eigenvalue weighted by molar-refractivity contribution is 0.0547. The predicted molar refractivity (Wildman–Crippen MR) is 48.4 cm³/mol. The van der Waals surface area contributed by atoms with E-state index < -0.39 is 5.60 Å². The van der Waals surface area contributed by atoms with Gasteiger partial charge in [0, 0.05) is 18.7 Å². The Labute approximate surface area is 77.6 Å². The summed E-state index contributed by atoms with van der Waals surface area (Å²) < 4.78 is 5.27. The molecule has 0 bridgehead atoms. The van der Waals surface area contributed by atoms with E-state index in [1.54, 1.807) is 26.1 Å². The zero-order valence-electron chi connectivity index (χ0n) is 7.90. The monoisotopic (exact) mass is 182 g/mol. The van der Waals surface area contributed by atoms with Crippen LogP contribution in [0.1, 0.15) is 20.3 Å². The van der Waals surface area contributed by atoms with Crippen LogP contribution in [0.3, 0.4) is 0 Å². The average molecular weight is 182 g/mol. The number of nitrogens with zero attached hydrogens (tertiary/aromatic N) is 2. The van der Waals surface area contributed by atoms with E-state index >= 15 is 0 Å². The minimum Gasteiger partial charge on any atom is -0.477 e. The maximum Gasteiger partial charge on any atom is 0.216 e. The van der Waals surface area contributed by atoms with Gasteiger partial charge in [-0.3, -0.25) is 0 Å². The molecule has 1 N–H and O–H groups in total. The lowest BCUT2D eigenvalue weighted by Gasteiger charge is -2.16. The molecule has 0 aliphatic heterocycles. The average Bonchev–Trinajstić information content (AvgIpc) is 2.04. The molecule has 0 saturated heterocycles. The van der Waals surface area contributed by atoms with Gasteiger partial charge in [-0.05, 0) is 13.8 Å². The summed E-state index contributed by atoms with van der Waals surface area (Å²) >= 11 is 0. The molecule has 1 aromatic heterocycles. The smallest absolute Gasteiger partial charge is 0.216 e. The molecule has 0 spiro atoms. The number of hydrogen-bond donors (Lipinski definition) is 1. The summed E-state index contributed by atoms with van der Waals surface area (Å²) in [5.41, 5.74) is -0.687. The third kappa shape index (κ3) is 4.42. The van der Waals surface area contributed by atoms with Gasteiger partial charge in [0.05, 0.1) is 12.2 Å². The molecule has 0 saturated carbocycles. The van der Waals surface area contributed by atoms with Crippen LogP contribution in [0.25, 0.3) is 0 Å². The zero-order chi connectivity index (χ0) is 9.73. The number of aromatic nitrogens is 2. The molecule has 1 rings (SSSR count). The van der Waals surface area contributed by atoms with E-state index in [4.69, 9.17) is 4.74 Å². The van der Waals surface area contributed by atoms with Gasteiger partial charge >= 0.3 is 0 Å². The van der Waals surface area contributed by atoms with Crippen molar-refractivity contribution in [3.8, 4) is 5.88 Å². The Bertz CT molecular complexity index is 244. The predicted octanol–water partition coefficient (Wildman–Crippen LogP) is 1.02. The summed E-state index contributed by atoms with van der Waals surface area (Å²) in [6.07, 6.45) is 3.63. The van der Waals surface area contributed by atoms with E-state index in [0.29, 0.717) is 18.9 Å². The molecule has 0 radical (unpaired) electrons. The van der Waals surface area contributed by atoms with Crippen molar-refractivity contribution in [2.45, 2.75) is 25.9 Å². The second kappa shape index (κ2) is 4.18. The summed E-state index contributed by atoms with van der Waals surface area (Å²) in [4.78, 5) is 7.65. The third-order valence-electron chi connectivity index (χ3n) is 1.52. The Morgan fingerprint density at radius 1 is 1.54 bits per heavy atom. The van der Waals surface area contributed by atoms with Crippen molar-refractivity contribution in [3.05, 3.63) is 18.6 Å². The second-order valence-electron chi connectivity index (χ2n) is 3.46. The first-order valence-electron chi connectivity index (χ1n) is 4.19. The molecule has 4 nitrogen and oxygen atoms in total. The highest BCUT2D eigenvalue weighted by atomic mass is 16.5. The molecule has 0 aromatic carbocycles. The molecule has 1 heterocycles. The quantitative estimate of drug-likeness (QED) is 0.755. The Kier molecular flexibility index (Phi) is 3.19. The van der Waals surface area contributed by atoms with Gasteiger partial charge in [0.2, 0.25) is 5.88 Å². The highest BCUT2D eigenvalue weighted by Crippen LogP contribution is 2.09. The number of aliphatic hydroxyl groups is 1. The van der Waals surface area contributed by atoms with Crippen molar-refractivity contribution >= 4 is 0 Å². The van der Waals surface area contributed by atoms with Crippen molar-refractivity contribution in [2.24, 2.45) is 0 Å². The van der Waals surface area contributed by atoms with E-state index in [9.17, 15) is 5.11 Å². The molecular formula is C9H14N2O2. The molecule has 1 aromatic rings. The van der Waals surface area contributed by atoms with Crippen molar-refractivity contribution in [1.82, 2.24) is 9.97 Å². The van der Waals surface area contributed by atoms with Crippen LogP contribution in [0.5, 0.6) is 5.88 Å². The Morgan fingerprint density at radius 3 is 2.85 bits per heavy atom. The van der Waals surface area contributed by atoms with Gasteiger partial charge in [-0.1, -0.05) is 0 Å². The van der Waals surface area contributed by atoms with Gasteiger partial charge < -0.3 is 9.84 Å². The van der Waals surface area contributed by atoms with Gasteiger partial charge in [-0.15, -0.1) is 0 Å². The van der Waals surface area contributed by atoms with Gasteiger partial charge in [-0.2, -0.15) is 0 Å². The van der Waals surface area contributed by atoms with E-state index in [2.05, 4.69) is 9.97 Å². The maximum atomic E-state index is 9.38. The van der Waals surface area contributed by atoms with Gasteiger partial charge in [0.15, 0.2) is 0 Å². The SMILES string of the molecule is CC(C)(O)CCOc1ccncn1. The topological polar surface area (TPSA) is 55.2 Å². The summed E-state index contributed by atoms with van der Waals surface area (Å²) in [6.45, 7) is 3.95. The first-order chi connectivity index (χ1) is 6.08. The fourth-order valence-electron chi connectivity index (χ4n) is 0.769. The first-order valence-corrected chi connectivity index (χ1v) is 4.19. The molecule has 0 unspecified atom stereocenters. The highest BCUT2D eigenvalue weighted by Gasteiger charge is 2.11. The van der Waals surface area contributed by atoms with E-state index in [1.807, 2.05) is 0 Å². The van der Waals surface area contributed by atoms with E-state index in [0.717, 1.165) is 0 Å². The fraction of sp³-hybridized carbons (Fsp3) is 0.556. The minimum atomic E-state index is -0.687. The molecule has 13 heavy (non-hydrogen) atoms. The summed E-state index contributed by atoms with van der Waals surface area (Å²) in [6, 6.07) is 1.68. The van der Waals surface area contributed by atoms with E-state index in [-0.39, 0.29) is 0 Å². The van der Waals surface area contributed by atoms with Crippen LogP contribution < -0.4 is 4.74 Å². The maximum absolute atomic E-state index is 9.38. The number of rotatable bonds is 4. The summed E-state index contributed by atoms with van der Waals surface area (Å²) in [7, 11) is 0. The van der Waals surface area contributed by atoms with Crippen molar-refractivity contribution in [3.63, 3.8) is 0 Å². The minimum absolute atomic E-state index is 0.459. The molecule has 0 aliphatic carbocycles. The van der Waals surface area contributed by atoms with Crippen LogP contribution in [0.2, 0.25) is 0 Å². The Morgan fingerprint density at radius 2 is 2.31 bits per heavy atom.